The molecule has 0 heterocycles. The van der Waals surface area contributed by atoms with E-state index in [4.69, 9.17) is 4.74 Å². The van der Waals surface area contributed by atoms with E-state index in [0.717, 1.165) is 19.3 Å². The predicted molar refractivity (Wildman–Crippen MR) is 95.9 cm³/mol. The SMILES string of the molecule is CC.CC(C)(C)CC(C)(C(=O)OC1CCCCC1)C(C)(C)C. The van der Waals surface area contributed by atoms with Crippen LogP contribution in [0.1, 0.15) is 101 Å². The first kappa shape index (κ1) is 21.5. The van der Waals surface area contributed by atoms with Gasteiger partial charge in [0, 0.05) is 0 Å². The number of ether oxygens (including phenoxy) is 1. The van der Waals surface area contributed by atoms with Crippen molar-refractivity contribution in [1.29, 1.82) is 0 Å². The number of esters is 1. The molecule has 0 N–H and O–H groups in total. The summed E-state index contributed by atoms with van der Waals surface area (Å²) in [6, 6.07) is 0. The third kappa shape index (κ3) is 6.30. The van der Waals surface area contributed by atoms with E-state index in [1.54, 1.807) is 0 Å². The van der Waals surface area contributed by atoms with Crippen LogP contribution in [-0.4, -0.2) is 12.1 Å². The average Bonchev–Trinajstić information content (AvgIpc) is 2.39. The zero-order valence-electron chi connectivity index (χ0n) is 16.6. The fourth-order valence-electron chi connectivity index (χ4n) is 3.17. The quantitative estimate of drug-likeness (QED) is 0.565. The third-order valence-electron chi connectivity index (χ3n) is 4.82. The molecule has 1 atom stereocenters. The van der Waals surface area contributed by atoms with Crippen LogP contribution in [0.4, 0.5) is 0 Å². The normalized spacial score (nSPS) is 19.7. The van der Waals surface area contributed by atoms with Crippen molar-refractivity contribution in [1.82, 2.24) is 0 Å². The Morgan fingerprint density at radius 1 is 0.909 bits per heavy atom. The minimum absolute atomic E-state index is 0.00632. The Kier molecular flexibility index (Phi) is 8.16. The van der Waals surface area contributed by atoms with Gasteiger partial charge in [0.2, 0.25) is 0 Å². The van der Waals surface area contributed by atoms with Gasteiger partial charge >= 0.3 is 5.97 Å². The van der Waals surface area contributed by atoms with Gasteiger partial charge in [-0.1, -0.05) is 61.8 Å². The summed E-state index contributed by atoms with van der Waals surface area (Å²) in [6.07, 6.45) is 6.77. The summed E-state index contributed by atoms with van der Waals surface area (Å²) >= 11 is 0. The molecule has 0 aliphatic heterocycles. The average molecular weight is 313 g/mol. The van der Waals surface area contributed by atoms with Crippen LogP contribution in [0.3, 0.4) is 0 Å². The second-order valence-electron chi connectivity index (χ2n) is 8.98. The van der Waals surface area contributed by atoms with Gasteiger partial charge in [-0.2, -0.15) is 0 Å². The minimum atomic E-state index is -0.428. The highest BCUT2D eigenvalue weighted by atomic mass is 16.5. The van der Waals surface area contributed by atoms with Gasteiger partial charge in [-0.25, -0.2) is 0 Å². The zero-order valence-corrected chi connectivity index (χ0v) is 16.6. The molecule has 1 fully saturated rings. The Labute approximate surface area is 139 Å². The lowest BCUT2D eigenvalue weighted by molar-refractivity contribution is -0.172. The number of carbonyl (C=O) groups is 1. The molecule has 132 valence electrons. The lowest BCUT2D eigenvalue weighted by Gasteiger charge is -2.44. The monoisotopic (exact) mass is 312 g/mol. The van der Waals surface area contributed by atoms with Crippen LogP contribution in [-0.2, 0) is 9.53 Å². The van der Waals surface area contributed by atoms with Crippen molar-refractivity contribution >= 4 is 5.97 Å². The third-order valence-corrected chi connectivity index (χ3v) is 4.82. The van der Waals surface area contributed by atoms with Gasteiger partial charge in [0.15, 0.2) is 0 Å². The molecule has 0 spiro atoms. The van der Waals surface area contributed by atoms with Gasteiger partial charge in [0.05, 0.1) is 5.41 Å². The summed E-state index contributed by atoms with van der Waals surface area (Å²) in [5.41, 5.74) is -0.400. The molecular formula is C20H40O2. The van der Waals surface area contributed by atoms with Crippen LogP contribution in [0.15, 0.2) is 0 Å². The van der Waals surface area contributed by atoms with Crippen LogP contribution < -0.4 is 0 Å². The van der Waals surface area contributed by atoms with Gasteiger partial charge < -0.3 is 4.74 Å². The lowest BCUT2D eigenvalue weighted by atomic mass is 9.61. The van der Waals surface area contributed by atoms with E-state index in [9.17, 15) is 4.79 Å². The molecule has 22 heavy (non-hydrogen) atoms. The molecule has 1 unspecified atom stereocenters. The second-order valence-corrected chi connectivity index (χ2v) is 8.98. The van der Waals surface area contributed by atoms with Crippen molar-refractivity contribution in [3.63, 3.8) is 0 Å². The van der Waals surface area contributed by atoms with Crippen molar-refractivity contribution in [3.8, 4) is 0 Å². The van der Waals surface area contributed by atoms with Gasteiger partial charge in [0.25, 0.3) is 0 Å². The molecule has 2 heteroatoms. The van der Waals surface area contributed by atoms with E-state index in [-0.39, 0.29) is 22.9 Å². The summed E-state index contributed by atoms with van der Waals surface area (Å²) in [4.78, 5) is 12.8. The highest BCUT2D eigenvalue weighted by Gasteiger charge is 2.48. The fourth-order valence-corrected chi connectivity index (χ4v) is 3.17. The van der Waals surface area contributed by atoms with Crippen LogP contribution in [0, 0.1) is 16.2 Å². The van der Waals surface area contributed by atoms with Gasteiger partial charge in [-0.05, 0) is 49.9 Å². The van der Waals surface area contributed by atoms with E-state index >= 15 is 0 Å². The first-order chi connectivity index (χ1) is 9.96. The molecule has 0 bridgehead atoms. The van der Waals surface area contributed by atoms with Crippen molar-refractivity contribution in [2.24, 2.45) is 16.2 Å². The largest absolute Gasteiger partial charge is 0.462 e. The topological polar surface area (TPSA) is 26.3 Å². The summed E-state index contributed by atoms with van der Waals surface area (Å²) < 4.78 is 5.89. The lowest BCUT2D eigenvalue weighted by Crippen LogP contribution is -2.45. The summed E-state index contributed by atoms with van der Waals surface area (Å²) in [6.45, 7) is 19.1. The van der Waals surface area contributed by atoms with E-state index in [2.05, 4.69) is 48.5 Å². The van der Waals surface area contributed by atoms with Crippen molar-refractivity contribution in [2.75, 3.05) is 0 Å². The maximum atomic E-state index is 12.8. The maximum absolute atomic E-state index is 12.8. The van der Waals surface area contributed by atoms with Crippen molar-refractivity contribution in [2.45, 2.75) is 107 Å². The van der Waals surface area contributed by atoms with Crippen LogP contribution in [0.5, 0.6) is 0 Å². The summed E-state index contributed by atoms with van der Waals surface area (Å²) in [5, 5.41) is 0. The molecule has 0 radical (unpaired) electrons. The zero-order chi connectivity index (χ0) is 17.6. The predicted octanol–water partition coefficient (Wildman–Crippen LogP) is 6.38. The van der Waals surface area contributed by atoms with Crippen LogP contribution in [0.2, 0.25) is 0 Å². The summed E-state index contributed by atoms with van der Waals surface area (Å²) in [5.74, 6) is 0.00632. The Hall–Kier alpha value is -0.530. The number of hydrogen-bond donors (Lipinski definition) is 0. The molecule has 1 rings (SSSR count). The maximum Gasteiger partial charge on any atom is 0.312 e. The second kappa shape index (κ2) is 8.36. The Morgan fingerprint density at radius 3 is 1.73 bits per heavy atom. The van der Waals surface area contributed by atoms with Crippen LogP contribution >= 0.6 is 0 Å². The fraction of sp³-hybridized carbons (Fsp3) is 0.950. The number of hydrogen-bond acceptors (Lipinski definition) is 2. The minimum Gasteiger partial charge on any atom is -0.462 e. The molecule has 2 nitrogen and oxygen atoms in total. The Morgan fingerprint density at radius 2 is 1.36 bits per heavy atom. The van der Waals surface area contributed by atoms with E-state index in [1.807, 2.05) is 13.8 Å². The highest BCUT2D eigenvalue weighted by molar-refractivity contribution is 5.77. The molecule has 1 aliphatic rings. The Bertz CT molecular complexity index is 327. The standard InChI is InChI=1S/C18H34O2.C2H6/c1-16(2,3)13-18(7,17(4,5)6)15(19)20-14-11-9-8-10-12-14;1-2/h14H,8-13H2,1-7H3;1-2H3. The smallest absolute Gasteiger partial charge is 0.312 e. The molecule has 0 saturated heterocycles. The molecule has 0 amide bonds. The van der Waals surface area contributed by atoms with Gasteiger partial charge in [-0.3, -0.25) is 4.79 Å². The summed E-state index contributed by atoms with van der Waals surface area (Å²) in [7, 11) is 0. The number of rotatable bonds is 3. The van der Waals surface area contributed by atoms with Crippen LogP contribution in [0.25, 0.3) is 0 Å². The highest BCUT2D eigenvalue weighted by Crippen LogP contribution is 2.47. The first-order valence-electron chi connectivity index (χ1n) is 9.17. The molecule has 0 aromatic carbocycles. The van der Waals surface area contributed by atoms with Crippen molar-refractivity contribution < 1.29 is 9.53 Å². The number of carbonyl (C=O) groups excluding carboxylic acids is 1. The van der Waals surface area contributed by atoms with Crippen molar-refractivity contribution in [3.05, 3.63) is 0 Å². The van der Waals surface area contributed by atoms with E-state index < -0.39 is 5.41 Å². The molecule has 0 aromatic rings. The van der Waals surface area contributed by atoms with E-state index in [1.165, 1.54) is 19.3 Å². The van der Waals surface area contributed by atoms with Gasteiger partial charge in [-0.15, -0.1) is 0 Å². The van der Waals surface area contributed by atoms with Gasteiger partial charge in [0.1, 0.15) is 6.10 Å². The molecule has 0 aromatic heterocycles. The molecule has 1 saturated carbocycles. The molecular weight excluding hydrogens is 272 g/mol. The molecule has 1 aliphatic carbocycles. The van der Waals surface area contributed by atoms with E-state index in [0.29, 0.717) is 0 Å². The first-order valence-corrected chi connectivity index (χ1v) is 9.17. The Balaban J connectivity index is 0.00000211.